The normalized spacial score (nSPS) is 11.3. The Balaban J connectivity index is 2.74. The fourth-order valence-corrected chi connectivity index (χ4v) is 1.79. The zero-order valence-electron chi connectivity index (χ0n) is 13.0. The van der Waals surface area contributed by atoms with Crippen LogP contribution in [0, 0.1) is 5.92 Å². The minimum absolute atomic E-state index is 0.137. The van der Waals surface area contributed by atoms with Gasteiger partial charge in [0.15, 0.2) is 0 Å². The molecule has 1 aromatic carbocycles. The molecule has 0 aromatic heterocycles. The molecule has 0 saturated carbocycles. The number of carboxylic acids is 1. The van der Waals surface area contributed by atoms with Crippen LogP contribution in [-0.4, -0.2) is 29.1 Å². The molecule has 0 spiro atoms. The van der Waals surface area contributed by atoms with Gasteiger partial charge in [-0.15, -0.1) is 0 Å². The van der Waals surface area contributed by atoms with E-state index in [0.29, 0.717) is 23.8 Å². The second-order valence-electron chi connectivity index (χ2n) is 6.14. The van der Waals surface area contributed by atoms with Crippen molar-refractivity contribution >= 4 is 11.9 Å². The monoisotopic (exact) mass is 293 g/mol. The zero-order valence-corrected chi connectivity index (χ0v) is 13.0. The number of amides is 1. The first-order valence-electron chi connectivity index (χ1n) is 6.97. The maximum absolute atomic E-state index is 12.2. The highest BCUT2D eigenvalue weighted by atomic mass is 16.5. The number of carboxylic acid groups (broad SMARTS) is 1. The number of carbonyl (C=O) groups excluding carboxylic acids is 1. The van der Waals surface area contributed by atoms with E-state index in [-0.39, 0.29) is 12.3 Å². The second-order valence-corrected chi connectivity index (χ2v) is 6.14. The first-order valence-corrected chi connectivity index (χ1v) is 6.97. The van der Waals surface area contributed by atoms with E-state index in [0.717, 1.165) is 0 Å². The molecule has 0 radical (unpaired) electrons. The van der Waals surface area contributed by atoms with Gasteiger partial charge in [0.25, 0.3) is 5.91 Å². The molecule has 5 heteroatoms. The summed E-state index contributed by atoms with van der Waals surface area (Å²) in [6.45, 7) is 8.03. The average Bonchev–Trinajstić information content (AvgIpc) is 2.34. The molecular formula is C16H23NO4. The van der Waals surface area contributed by atoms with Crippen molar-refractivity contribution < 1.29 is 19.4 Å². The lowest BCUT2D eigenvalue weighted by molar-refractivity contribution is -0.138. The Labute approximate surface area is 125 Å². The van der Waals surface area contributed by atoms with E-state index in [1.165, 1.54) is 0 Å². The Bertz CT molecular complexity index is 509. The van der Waals surface area contributed by atoms with Gasteiger partial charge in [0.2, 0.25) is 0 Å². The lowest BCUT2D eigenvalue weighted by Gasteiger charge is -2.24. The molecule has 0 aliphatic heterocycles. The summed E-state index contributed by atoms with van der Waals surface area (Å²) in [5, 5.41) is 11.5. The molecule has 0 unspecified atom stereocenters. The van der Waals surface area contributed by atoms with Crippen LogP contribution in [-0.2, 0) is 4.79 Å². The molecule has 0 atom stereocenters. The highest BCUT2D eigenvalue weighted by Crippen LogP contribution is 2.16. The minimum Gasteiger partial charge on any atom is -0.493 e. The summed E-state index contributed by atoms with van der Waals surface area (Å²) in [6.07, 6.45) is -0.137. The van der Waals surface area contributed by atoms with Crippen LogP contribution < -0.4 is 10.1 Å². The number of benzene rings is 1. The van der Waals surface area contributed by atoms with Crippen molar-refractivity contribution in [2.24, 2.45) is 5.92 Å². The lowest BCUT2D eigenvalue weighted by atomic mass is 10.00. The Morgan fingerprint density at radius 2 is 2.00 bits per heavy atom. The molecule has 0 fully saturated rings. The largest absolute Gasteiger partial charge is 0.493 e. The first kappa shape index (κ1) is 17.0. The molecule has 0 aliphatic rings. The highest BCUT2D eigenvalue weighted by molar-refractivity contribution is 5.95. The van der Waals surface area contributed by atoms with Crippen LogP contribution in [0.5, 0.6) is 5.75 Å². The second kappa shape index (κ2) is 7.11. The Morgan fingerprint density at radius 1 is 1.33 bits per heavy atom. The molecule has 0 saturated heterocycles. The molecule has 0 bridgehead atoms. The van der Waals surface area contributed by atoms with E-state index in [4.69, 9.17) is 9.84 Å². The summed E-state index contributed by atoms with van der Waals surface area (Å²) in [6, 6.07) is 6.87. The lowest BCUT2D eigenvalue weighted by Crippen LogP contribution is -2.44. The summed E-state index contributed by atoms with van der Waals surface area (Å²) >= 11 is 0. The van der Waals surface area contributed by atoms with Crippen LogP contribution in [0.25, 0.3) is 0 Å². The Kier molecular flexibility index (Phi) is 5.76. The average molecular weight is 293 g/mol. The highest BCUT2D eigenvalue weighted by Gasteiger charge is 2.24. The van der Waals surface area contributed by atoms with Crippen molar-refractivity contribution in [3.8, 4) is 5.75 Å². The van der Waals surface area contributed by atoms with E-state index >= 15 is 0 Å². The fourth-order valence-electron chi connectivity index (χ4n) is 1.79. The number of nitrogens with one attached hydrogen (secondary N) is 1. The summed E-state index contributed by atoms with van der Waals surface area (Å²) in [5.74, 6) is -0.227. The van der Waals surface area contributed by atoms with Crippen molar-refractivity contribution in [3.05, 3.63) is 29.8 Å². The van der Waals surface area contributed by atoms with Crippen molar-refractivity contribution in [3.63, 3.8) is 0 Å². The van der Waals surface area contributed by atoms with Gasteiger partial charge in [0.1, 0.15) is 5.75 Å². The van der Waals surface area contributed by atoms with Gasteiger partial charge in [-0.3, -0.25) is 9.59 Å². The Morgan fingerprint density at radius 3 is 2.57 bits per heavy atom. The predicted molar refractivity (Wildman–Crippen MR) is 80.6 cm³/mol. The van der Waals surface area contributed by atoms with Crippen LogP contribution in [0.3, 0.4) is 0 Å². The van der Waals surface area contributed by atoms with Crippen LogP contribution in [0.4, 0.5) is 0 Å². The zero-order chi connectivity index (χ0) is 16.0. The van der Waals surface area contributed by atoms with Gasteiger partial charge in [0.05, 0.1) is 13.0 Å². The Hall–Kier alpha value is -2.04. The van der Waals surface area contributed by atoms with Crippen LogP contribution in [0.2, 0.25) is 0 Å². The van der Waals surface area contributed by atoms with Crippen molar-refractivity contribution in [1.29, 1.82) is 0 Å². The third-order valence-electron chi connectivity index (χ3n) is 2.72. The van der Waals surface area contributed by atoms with E-state index in [2.05, 4.69) is 5.32 Å². The molecule has 116 valence electrons. The van der Waals surface area contributed by atoms with Gasteiger partial charge in [-0.25, -0.2) is 0 Å². The number of hydrogen-bond donors (Lipinski definition) is 2. The standard InChI is InChI=1S/C16H23NO4/c1-11(2)10-21-13-7-5-6-12(8-13)15(20)17-16(3,4)9-14(18)19/h5-8,11H,9-10H2,1-4H3,(H,17,20)(H,18,19). The van der Waals surface area contributed by atoms with E-state index in [1.807, 2.05) is 13.8 Å². The molecule has 1 aromatic rings. The number of ether oxygens (including phenoxy) is 1. The number of hydrogen-bond acceptors (Lipinski definition) is 3. The van der Waals surface area contributed by atoms with Crippen molar-refractivity contribution in [1.82, 2.24) is 5.32 Å². The summed E-state index contributed by atoms with van der Waals surface area (Å²) in [7, 11) is 0. The van der Waals surface area contributed by atoms with Gasteiger partial charge in [0, 0.05) is 11.1 Å². The molecule has 2 N–H and O–H groups in total. The number of carbonyl (C=O) groups is 2. The molecule has 5 nitrogen and oxygen atoms in total. The maximum atomic E-state index is 12.2. The van der Waals surface area contributed by atoms with Crippen molar-refractivity contribution in [2.45, 2.75) is 39.7 Å². The van der Waals surface area contributed by atoms with E-state index in [9.17, 15) is 9.59 Å². The number of rotatable bonds is 7. The maximum Gasteiger partial charge on any atom is 0.305 e. The third-order valence-corrected chi connectivity index (χ3v) is 2.72. The molecule has 0 heterocycles. The summed E-state index contributed by atoms with van der Waals surface area (Å²) < 4.78 is 5.58. The fraction of sp³-hybridized carbons (Fsp3) is 0.500. The van der Waals surface area contributed by atoms with Gasteiger partial charge in [-0.1, -0.05) is 19.9 Å². The molecule has 0 aliphatic carbocycles. The molecule has 1 rings (SSSR count). The van der Waals surface area contributed by atoms with Crippen LogP contribution in [0.1, 0.15) is 44.5 Å². The SMILES string of the molecule is CC(C)COc1cccc(C(=O)NC(C)(C)CC(=O)O)c1. The predicted octanol–water partition coefficient (Wildman–Crippen LogP) is 2.70. The van der Waals surface area contributed by atoms with E-state index in [1.54, 1.807) is 38.1 Å². The van der Waals surface area contributed by atoms with Crippen LogP contribution >= 0.6 is 0 Å². The van der Waals surface area contributed by atoms with E-state index < -0.39 is 11.5 Å². The number of aliphatic carboxylic acids is 1. The quantitative estimate of drug-likeness (QED) is 0.810. The molecule has 1 amide bonds. The summed E-state index contributed by atoms with van der Waals surface area (Å²) in [4.78, 5) is 22.9. The molecular weight excluding hydrogens is 270 g/mol. The van der Waals surface area contributed by atoms with Gasteiger partial charge in [-0.05, 0) is 38.0 Å². The first-order chi connectivity index (χ1) is 9.69. The van der Waals surface area contributed by atoms with Gasteiger partial charge in [-0.2, -0.15) is 0 Å². The minimum atomic E-state index is -0.950. The topological polar surface area (TPSA) is 75.6 Å². The van der Waals surface area contributed by atoms with Gasteiger partial charge >= 0.3 is 5.97 Å². The molecule has 21 heavy (non-hydrogen) atoms. The van der Waals surface area contributed by atoms with Crippen molar-refractivity contribution in [2.75, 3.05) is 6.61 Å². The third kappa shape index (κ3) is 6.29. The smallest absolute Gasteiger partial charge is 0.305 e. The van der Waals surface area contributed by atoms with Gasteiger partial charge < -0.3 is 15.2 Å². The van der Waals surface area contributed by atoms with Crippen LogP contribution in [0.15, 0.2) is 24.3 Å². The summed E-state index contributed by atoms with van der Waals surface area (Å²) in [5.41, 5.74) is -0.354.